The van der Waals surface area contributed by atoms with Gasteiger partial charge in [-0.3, -0.25) is 4.90 Å². The van der Waals surface area contributed by atoms with E-state index in [1.165, 1.54) is 11.6 Å². The molecular weight excluding hydrogens is 373 g/mol. The molecule has 5 nitrogen and oxygen atoms in total. The van der Waals surface area contributed by atoms with Crippen molar-refractivity contribution in [3.63, 3.8) is 0 Å². The van der Waals surface area contributed by atoms with Crippen LogP contribution in [0.5, 0.6) is 0 Å². The average molecular weight is 393 g/mol. The zero-order valence-electron chi connectivity index (χ0n) is 15.3. The quantitative estimate of drug-likeness (QED) is 0.516. The summed E-state index contributed by atoms with van der Waals surface area (Å²) in [4.78, 5) is 2.49. The first-order chi connectivity index (χ1) is 13.8. The molecule has 0 saturated carbocycles. The number of benzene rings is 1. The molecule has 4 aromatic rings. The van der Waals surface area contributed by atoms with E-state index in [2.05, 4.69) is 37.0 Å². The number of fused-ring (bicyclic) bond motifs is 1. The molecule has 0 N–H and O–H groups in total. The summed E-state index contributed by atoms with van der Waals surface area (Å²) in [7, 11) is 0. The number of hydrogen-bond donors (Lipinski definition) is 0. The van der Waals surface area contributed by atoms with Crippen LogP contribution in [0.4, 0.5) is 4.39 Å². The third-order valence-electron chi connectivity index (χ3n) is 5.38. The van der Waals surface area contributed by atoms with E-state index in [-0.39, 0.29) is 5.82 Å². The van der Waals surface area contributed by atoms with Crippen molar-refractivity contribution in [1.82, 2.24) is 24.7 Å². The van der Waals surface area contributed by atoms with Gasteiger partial charge in [0.1, 0.15) is 5.82 Å². The summed E-state index contributed by atoms with van der Waals surface area (Å²) in [6.45, 7) is 3.07. The molecule has 0 aliphatic carbocycles. The first-order valence-corrected chi connectivity index (χ1v) is 10.4. The predicted octanol–water partition coefficient (Wildman–Crippen LogP) is 4.37. The van der Waals surface area contributed by atoms with Crippen LogP contribution in [0, 0.1) is 5.82 Å². The summed E-state index contributed by atoms with van der Waals surface area (Å²) < 4.78 is 16.0. The van der Waals surface area contributed by atoms with Crippen molar-refractivity contribution in [2.24, 2.45) is 0 Å². The zero-order valence-corrected chi connectivity index (χ0v) is 16.1. The largest absolute Gasteiger partial charge is 0.299 e. The van der Waals surface area contributed by atoms with E-state index in [4.69, 9.17) is 0 Å². The van der Waals surface area contributed by atoms with Gasteiger partial charge in [0.2, 0.25) is 0 Å². The second-order valence-electron chi connectivity index (χ2n) is 7.21. The minimum absolute atomic E-state index is 0.272. The maximum absolute atomic E-state index is 14.2. The molecule has 0 atom stereocenters. The van der Waals surface area contributed by atoms with Crippen LogP contribution in [-0.4, -0.2) is 37.8 Å². The standard InChI is InChI=1S/C21H20FN5S/c22-18-4-2-1-3-17(18)19-5-6-20-23-24-21(27(20)25-19)16-7-10-26(11-8-16)13-15-9-12-28-14-15/h1-6,9,12,14,16H,7-8,10-11,13H2. The van der Waals surface area contributed by atoms with Crippen molar-refractivity contribution in [2.75, 3.05) is 13.1 Å². The summed E-state index contributed by atoms with van der Waals surface area (Å²) in [5.41, 5.74) is 3.18. The van der Waals surface area contributed by atoms with Crippen LogP contribution < -0.4 is 0 Å². The number of aromatic nitrogens is 4. The monoisotopic (exact) mass is 393 g/mol. The van der Waals surface area contributed by atoms with Crippen LogP contribution in [0.1, 0.15) is 30.1 Å². The van der Waals surface area contributed by atoms with E-state index in [1.54, 1.807) is 34.1 Å². The SMILES string of the molecule is Fc1ccccc1-c1ccc2nnc(C3CCN(Cc4ccsc4)CC3)n2n1. The van der Waals surface area contributed by atoms with Gasteiger partial charge in [-0.2, -0.15) is 21.0 Å². The van der Waals surface area contributed by atoms with Crippen LogP contribution in [0.2, 0.25) is 0 Å². The fourth-order valence-electron chi connectivity index (χ4n) is 3.86. The molecule has 28 heavy (non-hydrogen) atoms. The van der Waals surface area contributed by atoms with Gasteiger partial charge >= 0.3 is 0 Å². The van der Waals surface area contributed by atoms with Crippen molar-refractivity contribution in [3.05, 3.63) is 70.4 Å². The van der Waals surface area contributed by atoms with Crippen molar-refractivity contribution in [3.8, 4) is 11.3 Å². The van der Waals surface area contributed by atoms with Gasteiger partial charge in [0.25, 0.3) is 0 Å². The second-order valence-corrected chi connectivity index (χ2v) is 7.99. The van der Waals surface area contributed by atoms with Gasteiger partial charge in [-0.1, -0.05) is 12.1 Å². The Morgan fingerprint density at radius 3 is 2.68 bits per heavy atom. The second kappa shape index (κ2) is 7.41. The highest BCUT2D eigenvalue weighted by Gasteiger charge is 2.25. The Morgan fingerprint density at radius 1 is 1.04 bits per heavy atom. The summed E-state index contributed by atoms with van der Waals surface area (Å²) >= 11 is 1.75. The number of halogens is 1. The molecule has 142 valence electrons. The lowest BCUT2D eigenvalue weighted by molar-refractivity contribution is 0.201. The lowest BCUT2D eigenvalue weighted by atomic mass is 9.96. The average Bonchev–Trinajstić information content (AvgIpc) is 3.38. The number of likely N-dealkylation sites (tertiary alicyclic amines) is 1. The number of hydrogen-bond acceptors (Lipinski definition) is 5. The third-order valence-corrected chi connectivity index (χ3v) is 6.11. The Kier molecular flexibility index (Phi) is 4.62. The van der Waals surface area contributed by atoms with Gasteiger partial charge in [0.15, 0.2) is 11.5 Å². The molecule has 0 amide bonds. The van der Waals surface area contributed by atoms with E-state index < -0.39 is 0 Å². The van der Waals surface area contributed by atoms with Crippen molar-refractivity contribution >= 4 is 17.0 Å². The van der Waals surface area contributed by atoms with Crippen molar-refractivity contribution in [1.29, 1.82) is 0 Å². The number of nitrogens with zero attached hydrogens (tertiary/aromatic N) is 5. The molecule has 7 heteroatoms. The number of rotatable bonds is 4. The van der Waals surface area contributed by atoms with Crippen LogP contribution in [-0.2, 0) is 6.54 Å². The molecule has 4 heterocycles. The number of thiophene rings is 1. The lowest BCUT2D eigenvalue weighted by Gasteiger charge is -2.30. The minimum Gasteiger partial charge on any atom is -0.299 e. The summed E-state index contributed by atoms with van der Waals surface area (Å²) in [5.74, 6) is 0.922. The van der Waals surface area contributed by atoms with Gasteiger partial charge < -0.3 is 0 Å². The van der Waals surface area contributed by atoms with Gasteiger partial charge in [-0.05, 0) is 72.6 Å². The fraction of sp³-hybridized carbons (Fsp3) is 0.286. The Bertz CT molecular complexity index is 1080. The Morgan fingerprint density at radius 2 is 1.89 bits per heavy atom. The van der Waals surface area contributed by atoms with Crippen molar-refractivity contribution < 1.29 is 4.39 Å². The van der Waals surface area contributed by atoms with Crippen LogP contribution in [0.25, 0.3) is 16.9 Å². The van der Waals surface area contributed by atoms with Crippen LogP contribution in [0.3, 0.4) is 0 Å². The first kappa shape index (κ1) is 17.5. The first-order valence-electron chi connectivity index (χ1n) is 9.48. The molecule has 1 saturated heterocycles. The third kappa shape index (κ3) is 3.31. The molecule has 0 radical (unpaired) electrons. The molecule has 1 fully saturated rings. The van der Waals surface area contributed by atoms with E-state index in [1.807, 2.05) is 12.1 Å². The van der Waals surface area contributed by atoms with E-state index >= 15 is 0 Å². The van der Waals surface area contributed by atoms with Gasteiger partial charge in [0.05, 0.1) is 5.69 Å². The molecule has 0 unspecified atom stereocenters. The van der Waals surface area contributed by atoms with Crippen LogP contribution >= 0.6 is 11.3 Å². The highest BCUT2D eigenvalue weighted by molar-refractivity contribution is 7.07. The van der Waals surface area contributed by atoms with Gasteiger partial charge in [-0.15, -0.1) is 10.2 Å². The molecule has 1 aliphatic rings. The molecular formula is C21H20FN5S. The van der Waals surface area contributed by atoms with Gasteiger partial charge in [0, 0.05) is 18.0 Å². The molecule has 0 spiro atoms. The van der Waals surface area contributed by atoms with E-state index in [9.17, 15) is 4.39 Å². The van der Waals surface area contributed by atoms with Gasteiger partial charge in [-0.25, -0.2) is 4.39 Å². The molecule has 0 bridgehead atoms. The maximum Gasteiger partial charge on any atom is 0.177 e. The fourth-order valence-corrected chi connectivity index (χ4v) is 4.52. The molecule has 3 aromatic heterocycles. The summed E-state index contributed by atoms with van der Waals surface area (Å²) in [6.07, 6.45) is 2.05. The van der Waals surface area contributed by atoms with Crippen molar-refractivity contribution in [2.45, 2.75) is 25.3 Å². The minimum atomic E-state index is -0.272. The predicted molar refractivity (Wildman–Crippen MR) is 108 cm³/mol. The van der Waals surface area contributed by atoms with E-state index in [0.717, 1.165) is 38.3 Å². The summed E-state index contributed by atoms with van der Waals surface area (Å²) in [6, 6.07) is 12.6. The smallest absolute Gasteiger partial charge is 0.177 e. The Balaban J connectivity index is 1.38. The maximum atomic E-state index is 14.2. The summed E-state index contributed by atoms with van der Waals surface area (Å²) in [5, 5.41) is 17.7. The lowest BCUT2D eigenvalue weighted by Crippen LogP contribution is -2.33. The highest BCUT2D eigenvalue weighted by atomic mass is 32.1. The zero-order chi connectivity index (χ0) is 18.9. The molecule has 1 aromatic carbocycles. The Hall–Kier alpha value is -2.64. The van der Waals surface area contributed by atoms with Crippen LogP contribution in [0.15, 0.2) is 53.2 Å². The number of piperidine rings is 1. The molecule has 1 aliphatic heterocycles. The topological polar surface area (TPSA) is 46.3 Å². The van der Waals surface area contributed by atoms with E-state index in [0.29, 0.717) is 22.8 Å². The molecule has 5 rings (SSSR count). The highest BCUT2D eigenvalue weighted by Crippen LogP contribution is 2.29. The normalized spacial score (nSPS) is 16.0. The Labute approximate surface area is 166 Å².